The molecule has 0 saturated carbocycles. The van der Waals surface area contributed by atoms with E-state index >= 15 is 0 Å². The maximum Gasteiger partial charge on any atom is 0.258 e. The molecule has 0 aliphatic heterocycles. The van der Waals surface area contributed by atoms with Gasteiger partial charge in [0.15, 0.2) is 6.61 Å². The average molecular weight is 296 g/mol. The number of carbonyl (C=O) groups is 1. The van der Waals surface area contributed by atoms with Crippen molar-refractivity contribution < 1.29 is 9.53 Å². The highest BCUT2D eigenvalue weighted by molar-refractivity contribution is 5.82. The molecule has 0 fully saturated rings. The van der Waals surface area contributed by atoms with E-state index in [-0.39, 0.29) is 18.6 Å². The van der Waals surface area contributed by atoms with Crippen molar-refractivity contribution in [2.24, 2.45) is 4.99 Å². The fourth-order valence-electron chi connectivity index (χ4n) is 1.83. The normalized spacial score (nSPS) is 10.9. The maximum atomic E-state index is 11.5. The molecule has 4 nitrogen and oxygen atoms in total. The van der Waals surface area contributed by atoms with Gasteiger partial charge in [0.1, 0.15) is 5.75 Å². The van der Waals surface area contributed by atoms with Crippen LogP contribution in [-0.4, -0.2) is 24.8 Å². The van der Waals surface area contributed by atoms with Gasteiger partial charge in [0, 0.05) is 12.3 Å². The van der Waals surface area contributed by atoms with Crippen molar-refractivity contribution in [2.45, 2.75) is 19.9 Å². The number of aliphatic imine (C=N–C) groups is 1. The van der Waals surface area contributed by atoms with Gasteiger partial charge in [-0.15, -0.1) is 0 Å². The van der Waals surface area contributed by atoms with Crippen LogP contribution in [0, 0.1) is 0 Å². The molecule has 0 spiro atoms. The number of carbonyl (C=O) groups excluding carboxylic acids is 1. The molecule has 0 bridgehead atoms. The molecule has 0 unspecified atom stereocenters. The van der Waals surface area contributed by atoms with Crippen LogP contribution in [0.1, 0.15) is 19.4 Å². The average Bonchev–Trinajstić information content (AvgIpc) is 2.52. The molecule has 1 amide bonds. The van der Waals surface area contributed by atoms with Crippen LogP contribution in [-0.2, 0) is 4.79 Å². The summed E-state index contributed by atoms with van der Waals surface area (Å²) >= 11 is 0. The summed E-state index contributed by atoms with van der Waals surface area (Å²) < 4.78 is 5.43. The van der Waals surface area contributed by atoms with Crippen LogP contribution in [0.4, 0.5) is 5.69 Å². The Hall–Kier alpha value is -2.62. The van der Waals surface area contributed by atoms with Crippen molar-refractivity contribution in [1.82, 2.24) is 5.32 Å². The first kappa shape index (κ1) is 15.8. The lowest BCUT2D eigenvalue weighted by Gasteiger charge is -2.09. The summed E-state index contributed by atoms with van der Waals surface area (Å²) in [4.78, 5) is 15.9. The lowest BCUT2D eigenvalue weighted by molar-refractivity contribution is -0.123. The minimum atomic E-state index is -0.121. The highest BCUT2D eigenvalue weighted by atomic mass is 16.5. The molecule has 114 valence electrons. The SMILES string of the molecule is CC(C)NC(=O)COc1ccc(C=Nc2ccccc2)cc1. The molecule has 4 heteroatoms. The van der Waals surface area contributed by atoms with Crippen LogP contribution >= 0.6 is 0 Å². The Morgan fingerprint density at radius 3 is 2.45 bits per heavy atom. The largest absolute Gasteiger partial charge is 0.484 e. The minimum Gasteiger partial charge on any atom is -0.484 e. The van der Waals surface area contributed by atoms with Crippen LogP contribution in [0.3, 0.4) is 0 Å². The van der Waals surface area contributed by atoms with Gasteiger partial charge in [0.25, 0.3) is 5.91 Å². The third-order valence-electron chi connectivity index (χ3n) is 2.82. The van der Waals surface area contributed by atoms with Crippen LogP contribution in [0.2, 0.25) is 0 Å². The second-order valence-electron chi connectivity index (χ2n) is 5.17. The summed E-state index contributed by atoms with van der Waals surface area (Å²) in [7, 11) is 0. The molecule has 2 rings (SSSR count). The van der Waals surface area contributed by atoms with Gasteiger partial charge < -0.3 is 10.1 Å². The molecule has 0 saturated heterocycles. The second kappa shape index (κ2) is 7.98. The summed E-state index contributed by atoms with van der Waals surface area (Å²) in [5, 5.41) is 2.78. The van der Waals surface area contributed by atoms with Gasteiger partial charge in [0.05, 0.1) is 5.69 Å². The van der Waals surface area contributed by atoms with E-state index in [0.717, 1.165) is 11.3 Å². The zero-order valence-corrected chi connectivity index (χ0v) is 12.8. The number of nitrogens with one attached hydrogen (secondary N) is 1. The number of nitrogens with zero attached hydrogens (tertiary/aromatic N) is 1. The van der Waals surface area contributed by atoms with E-state index in [2.05, 4.69) is 10.3 Å². The highest BCUT2D eigenvalue weighted by Crippen LogP contribution is 2.13. The second-order valence-corrected chi connectivity index (χ2v) is 5.17. The highest BCUT2D eigenvalue weighted by Gasteiger charge is 2.03. The van der Waals surface area contributed by atoms with E-state index in [1.165, 1.54) is 0 Å². The number of hydrogen-bond acceptors (Lipinski definition) is 3. The van der Waals surface area contributed by atoms with Gasteiger partial charge in [-0.3, -0.25) is 9.79 Å². The fraction of sp³-hybridized carbons (Fsp3) is 0.222. The van der Waals surface area contributed by atoms with Crippen molar-refractivity contribution in [1.29, 1.82) is 0 Å². The summed E-state index contributed by atoms with van der Waals surface area (Å²) in [6.45, 7) is 3.85. The molecular weight excluding hydrogens is 276 g/mol. The van der Waals surface area contributed by atoms with Gasteiger partial charge in [-0.25, -0.2) is 0 Å². The molecule has 0 radical (unpaired) electrons. The molecule has 22 heavy (non-hydrogen) atoms. The summed E-state index contributed by atoms with van der Waals surface area (Å²) in [5.41, 5.74) is 1.89. The van der Waals surface area contributed by atoms with E-state index < -0.39 is 0 Å². The number of amides is 1. The van der Waals surface area contributed by atoms with Gasteiger partial charge in [-0.1, -0.05) is 18.2 Å². The number of rotatable bonds is 6. The lowest BCUT2D eigenvalue weighted by atomic mass is 10.2. The Morgan fingerprint density at radius 2 is 1.82 bits per heavy atom. The van der Waals surface area contributed by atoms with Crippen molar-refractivity contribution in [3.05, 3.63) is 60.2 Å². The fourth-order valence-corrected chi connectivity index (χ4v) is 1.83. The Labute approximate surface area is 130 Å². The van der Waals surface area contributed by atoms with Crippen molar-refractivity contribution in [3.63, 3.8) is 0 Å². The molecule has 0 heterocycles. The Morgan fingerprint density at radius 1 is 1.14 bits per heavy atom. The first-order valence-electron chi connectivity index (χ1n) is 7.25. The molecule has 0 atom stereocenters. The van der Waals surface area contributed by atoms with Gasteiger partial charge in [-0.2, -0.15) is 0 Å². The number of hydrogen-bond donors (Lipinski definition) is 1. The smallest absolute Gasteiger partial charge is 0.258 e. The molecule has 2 aromatic carbocycles. The Bertz CT molecular complexity index is 619. The van der Waals surface area contributed by atoms with Gasteiger partial charge in [-0.05, 0) is 55.8 Å². The van der Waals surface area contributed by atoms with Crippen LogP contribution in [0.25, 0.3) is 0 Å². The predicted molar refractivity (Wildman–Crippen MR) is 88.9 cm³/mol. The van der Waals surface area contributed by atoms with Crippen molar-refractivity contribution in [2.75, 3.05) is 6.61 Å². The molecule has 0 aliphatic rings. The molecule has 2 aromatic rings. The van der Waals surface area contributed by atoms with E-state index in [0.29, 0.717) is 5.75 Å². The zero-order valence-electron chi connectivity index (χ0n) is 12.8. The first-order chi connectivity index (χ1) is 10.6. The van der Waals surface area contributed by atoms with Crippen molar-refractivity contribution >= 4 is 17.8 Å². The van der Waals surface area contributed by atoms with Gasteiger partial charge >= 0.3 is 0 Å². The van der Waals surface area contributed by atoms with Crippen LogP contribution in [0.15, 0.2) is 59.6 Å². The zero-order chi connectivity index (χ0) is 15.8. The maximum absolute atomic E-state index is 11.5. The van der Waals surface area contributed by atoms with E-state index in [9.17, 15) is 4.79 Å². The summed E-state index contributed by atoms with van der Waals surface area (Å²) in [6, 6.07) is 17.3. The molecule has 1 N–H and O–H groups in total. The van der Waals surface area contributed by atoms with E-state index in [4.69, 9.17) is 4.74 Å². The molecule has 0 aliphatic carbocycles. The number of benzene rings is 2. The summed E-state index contributed by atoms with van der Waals surface area (Å²) in [5.74, 6) is 0.542. The van der Waals surface area contributed by atoms with Crippen molar-refractivity contribution in [3.8, 4) is 5.75 Å². The van der Waals surface area contributed by atoms with Gasteiger partial charge in [0.2, 0.25) is 0 Å². The third-order valence-corrected chi connectivity index (χ3v) is 2.82. The van der Waals surface area contributed by atoms with E-state index in [1.807, 2.05) is 68.4 Å². The quantitative estimate of drug-likeness (QED) is 0.831. The molecular formula is C18H20N2O2. The lowest BCUT2D eigenvalue weighted by Crippen LogP contribution is -2.34. The molecule has 0 aromatic heterocycles. The minimum absolute atomic E-state index is 0.0234. The van der Waals surface area contributed by atoms with Crippen LogP contribution in [0.5, 0.6) is 5.75 Å². The third kappa shape index (κ3) is 5.40. The number of para-hydroxylation sites is 1. The Balaban J connectivity index is 1.88. The standard InChI is InChI=1S/C18H20N2O2/c1-14(2)20-18(21)13-22-17-10-8-15(9-11-17)12-19-16-6-4-3-5-7-16/h3-12,14H,13H2,1-2H3,(H,20,21). The monoisotopic (exact) mass is 296 g/mol. The summed E-state index contributed by atoms with van der Waals surface area (Å²) in [6.07, 6.45) is 1.80. The first-order valence-corrected chi connectivity index (χ1v) is 7.25. The topological polar surface area (TPSA) is 50.7 Å². The van der Waals surface area contributed by atoms with Crippen LogP contribution < -0.4 is 10.1 Å². The Kier molecular flexibility index (Phi) is 5.72. The van der Waals surface area contributed by atoms with E-state index in [1.54, 1.807) is 6.21 Å². The number of ether oxygens (including phenoxy) is 1. The predicted octanol–water partition coefficient (Wildman–Crippen LogP) is 3.34.